The van der Waals surface area contributed by atoms with Gasteiger partial charge in [-0.2, -0.15) is 0 Å². The van der Waals surface area contributed by atoms with Crippen LogP contribution in [-0.2, 0) is 47.7 Å². The van der Waals surface area contributed by atoms with Crippen molar-refractivity contribution in [2.24, 2.45) is 29.6 Å². The average molecular weight is 744 g/mol. The van der Waals surface area contributed by atoms with Crippen LogP contribution in [0.1, 0.15) is 24.5 Å². The summed E-state index contributed by atoms with van der Waals surface area (Å²) in [6.45, 7) is 1.58. The van der Waals surface area contributed by atoms with E-state index in [0.717, 1.165) is 28.4 Å². The van der Waals surface area contributed by atoms with E-state index in [4.69, 9.17) is 70.1 Å². The zero-order valence-electron chi connectivity index (χ0n) is 26.2. The number of carbonyl (C=O) groups excluding carboxylic acids is 5. The molecular weight excluding hydrogens is 714 g/mol. The highest BCUT2D eigenvalue weighted by atomic mass is 35.5. The quantitative estimate of drug-likeness (QED) is 0.156. The fourth-order valence-electron chi connectivity index (χ4n) is 6.64. The molecule has 0 radical (unpaired) electrons. The number of rotatable bonds is 8. The molecule has 0 aromatic heterocycles. The number of carbonyl (C=O) groups is 5. The lowest BCUT2D eigenvalue weighted by atomic mass is 9.50. The molecule has 0 heterocycles. The van der Waals surface area contributed by atoms with Crippen molar-refractivity contribution in [3.8, 4) is 0 Å². The van der Waals surface area contributed by atoms with Crippen LogP contribution in [0.3, 0.4) is 0 Å². The summed E-state index contributed by atoms with van der Waals surface area (Å²) in [4.78, 5) is 68.2. The van der Waals surface area contributed by atoms with Gasteiger partial charge in [0.1, 0.15) is 17.3 Å². The highest BCUT2D eigenvalue weighted by Gasteiger charge is 2.71. The number of methoxy groups -OCH3 is 4. The fraction of sp³-hybridized carbons (Fsp3) is 0.364. The van der Waals surface area contributed by atoms with Gasteiger partial charge in [-0.05, 0) is 48.2 Å². The number of ether oxygens (including phenoxy) is 5. The van der Waals surface area contributed by atoms with Gasteiger partial charge in [0.25, 0.3) is 0 Å². The van der Waals surface area contributed by atoms with E-state index in [-0.39, 0.29) is 32.6 Å². The molecule has 2 aliphatic rings. The van der Waals surface area contributed by atoms with Crippen molar-refractivity contribution in [1.29, 1.82) is 0 Å². The van der Waals surface area contributed by atoms with Crippen LogP contribution in [-0.4, -0.2) is 69.0 Å². The van der Waals surface area contributed by atoms with E-state index in [1.807, 2.05) is 0 Å². The van der Waals surface area contributed by atoms with Crippen LogP contribution in [0, 0.1) is 29.6 Å². The van der Waals surface area contributed by atoms with E-state index in [1.54, 1.807) is 6.92 Å². The third kappa shape index (κ3) is 6.66. The van der Waals surface area contributed by atoms with Crippen LogP contribution >= 0.6 is 46.4 Å². The van der Waals surface area contributed by atoms with Crippen molar-refractivity contribution < 1.29 is 52.8 Å². The second-order valence-corrected chi connectivity index (χ2v) is 12.9. The summed E-state index contributed by atoms with van der Waals surface area (Å²) in [6, 6.07) is 8.74. The molecule has 4 rings (SSSR count). The van der Waals surface area contributed by atoms with Gasteiger partial charge in [-0.3, -0.25) is 14.4 Å². The maximum atomic E-state index is 14.3. The Bertz CT molecular complexity index is 1740. The normalized spacial score (nSPS) is 25.1. The Kier molecular flexibility index (Phi) is 11.5. The van der Waals surface area contributed by atoms with Crippen molar-refractivity contribution in [1.82, 2.24) is 0 Å². The lowest BCUT2D eigenvalue weighted by Crippen LogP contribution is -2.68. The average Bonchev–Trinajstić information content (AvgIpc) is 3.03. The highest BCUT2D eigenvalue weighted by molar-refractivity contribution is 6.39. The minimum absolute atomic E-state index is 0.0203. The molecule has 1 N–H and O–H groups in total. The second-order valence-electron chi connectivity index (χ2n) is 11.2. The lowest BCUT2D eigenvalue weighted by molar-refractivity contribution is -0.212. The molecule has 15 heteroatoms. The summed E-state index contributed by atoms with van der Waals surface area (Å²) >= 11 is 25.1. The summed E-state index contributed by atoms with van der Waals surface area (Å²) in [6.07, 6.45) is 1.24. The standard InChI is InChI=1S/C33H30Cl4O11/c1-14-10-20-23(29(39)44-2)27(26(32(42)47-5)33(43,24(14)30(40)45-3)25(20)31(41)46-4)48-28(38)19(18-9-8-17(35)13-22(18)37)11-15-6-7-16(34)12-21(15)36/h6-9,11-14,20,24-26,43H,10H2,1-5H3/t14-,20+,24-,25-,26?,33-/m1/s1. The number of hydrogen-bond donors (Lipinski definition) is 1. The van der Waals surface area contributed by atoms with E-state index in [9.17, 15) is 29.1 Å². The number of esters is 5. The summed E-state index contributed by atoms with van der Waals surface area (Å²) in [5.74, 6) is -13.6. The van der Waals surface area contributed by atoms with Gasteiger partial charge in [0.2, 0.25) is 0 Å². The summed E-state index contributed by atoms with van der Waals surface area (Å²) < 4.78 is 25.9. The smallest absolute Gasteiger partial charge is 0.343 e. The lowest BCUT2D eigenvalue weighted by Gasteiger charge is -2.55. The third-order valence-electron chi connectivity index (χ3n) is 8.61. The van der Waals surface area contributed by atoms with Gasteiger partial charge in [-0.1, -0.05) is 65.5 Å². The van der Waals surface area contributed by atoms with Crippen molar-refractivity contribution >= 4 is 87.9 Å². The molecule has 2 aromatic carbocycles. The van der Waals surface area contributed by atoms with Gasteiger partial charge in [0.15, 0.2) is 0 Å². The van der Waals surface area contributed by atoms with Crippen molar-refractivity contribution in [3.05, 3.63) is 78.9 Å². The summed E-state index contributed by atoms with van der Waals surface area (Å²) in [7, 11) is 4.12. The Hall–Kier alpha value is -3.61. The molecule has 0 saturated heterocycles. The molecule has 11 nitrogen and oxygen atoms in total. The number of benzene rings is 2. The predicted octanol–water partition coefficient (Wildman–Crippen LogP) is 5.58. The Morgan fingerprint density at radius 1 is 0.792 bits per heavy atom. The molecule has 6 atom stereocenters. The largest absolute Gasteiger partial charge is 0.469 e. The molecule has 0 amide bonds. The highest BCUT2D eigenvalue weighted by Crippen LogP contribution is 2.58. The minimum atomic E-state index is -2.68. The first kappa shape index (κ1) is 37.2. The van der Waals surface area contributed by atoms with Gasteiger partial charge in [-0.15, -0.1) is 0 Å². The number of halogens is 4. The van der Waals surface area contributed by atoms with E-state index >= 15 is 0 Å². The van der Waals surface area contributed by atoms with E-state index < -0.39 is 76.4 Å². The van der Waals surface area contributed by atoms with Crippen molar-refractivity contribution in [3.63, 3.8) is 0 Å². The maximum Gasteiger partial charge on any atom is 0.343 e. The molecule has 256 valence electrons. The predicted molar refractivity (Wildman–Crippen MR) is 175 cm³/mol. The maximum absolute atomic E-state index is 14.3. The van der Waals surface area contributed by atoms with Gasteiger partial charge in [-0.25, -0.2) is 9.59 Å². The topological polar surface area (TPSA) is 152 Å². The zero-order valence-corrected chi connectivity index (χ0v) is 29.2. The van der Waals surface area contributed by atoms with Crippen LogP contribution in [0.5, 0.6) is 0 Å². The van der Waals surface area contributed by atoms with E-state index in [0.29, 0.717) is 10.6 Å². The molecular formula is C33H30Cl4O11. The Labute approximate surface area is 295 Å². The second kappa shape index (κ2) is 14.9. The molecule has 1 unspecified atom stereocenters. The van der Waals surface area contributed by atoms with Crippen LogP contribution < -0.4 is 0 Å². The van der Waals surface area contributed by atoms with Crippen LogP contribution in [0.4, 0.5) is 0 Å². The molecule has 2 aliphatic carbocycles. The molecule has 0 spiro atoms. The Morgan fingerprint density at radius 3 is 1.90 bits per heavy atom. The first-order chi connectivity index (χ1) is 22.6. The van der Waals surface area contributed by atoms with Gasteiger partial charge < -0.3 is 28.8 Å². The first-order valence-corrected chi connectivity index (χ1v) is 15.8. The first-order valence-electron chi connectivity index (χ1n) is 14.3. The fourth-order valence-corrected chi connectivity index (χ4v) is 7.61. The molecule has 48 heavy (non-hydrogen) atoms. The van der Waals surface area contributed by atoms with E-state index in [2.05, 4.69) is 0 Å². The van der Waals surface area contributed by atoms with Crippen molar-refractivity contribution in [2.45, 2.75) is 18.9 Å². The van der Waals surface area contributed by atoms with Crippen LogP contribution in [0.15, 0.2) is 47.7 Å². The molecule has 2 bridgehead atoms. The van der Waals surface area contributed by atoms with Crippen molar-refractivity contribution in [2.75, 3.05) is 28.4 Å². The number of hydrogen-bond acceptors (Lipinski definition) is 11. The SMILES string of the molecule is COC(=O)C1=C(OC(=O)C(=Cc2ccc(Cl)cc2Cl)c2ccc(Cl)cc2Cl)C(C(=O)OC)[C@@]2(O)[C@@H](C(=O)OC)[C@H](C)C[C@@H]1[C@@H]2C(=O)OC. The molecule has 0 aliphatic heterocycles. The van der Waals surface area contributed by atoms with Gasteiger partial charge in [0, 0.05) is 26.5 Å². The Morgan fingerprint density at radius 2 is 1.35 bits per heavy atom. The monoisotopic (exact) mass is 742 g/mol. The summed E-state index contributed by atoms with van der Waals surface area (Å²) in [5, 5.41) is 13.3. The number of aliphatic hydroxyl groups is 1. The van der Waals surface area contributed by atoms with Crippen LogP contribution in [0.25, 0.3) is 11.6 Å². The third-order valence-corrected chi connectivity index (χ3v) is 9.72. The van der Waals surface area contributed by atoms with Gasteiger partial charge in [0.05, 0.1) is 56.4 Å². The van der Waals surface area contributed by atoms with E-state index in [1.165, 1.54) is 42.5 Å². The minimum Gasteiger partial charge on any atom is -0.469 e. The molecule has 2 aromatic rings. The zero-order chi connectivity index (χ0) is 35.7. The molecule has 1 fully saturated rings. The van der Waals surface area contributed by atoms with Crippen LogP contribution in [0.2, 0.25) is 20.1 Å². The number of fused-ring (bicyclic) bond motifs is 2. The molecule has 1 saturated carbocycles. The Balaban J connectivity index is 2.05. The van der Waals surface area contributed by atoms with Gasteiger partial charge >= 0.3 is 29.8 Å². The summed E-state index contributed by atoms with van der Waals surface area (Å²) in [5.41, 5.74) is -2.91.